The molecule has 0 radical (unpaired) electrons. The molecule has 9 atom stereocenters. The Morgan fingerprint density at radius 1 is 0.233 bits per heavy atom. The van der Waals surface area contributed by atoms with E-state index in [2.05, 4.69) is 191 Å². The van der Waals surface area contributed by atoms with Gasteiger partial charge in [-0.05, 0) is 185 Å². The normalized spacial score (nSPS) is 15.2. The highest BCUT2D eigenvalue weighted by atomic mass is 79.9. The van der Waals surface area contributed by atoms with Gasteiger partial charge in [0.05, 0.1) is 77.6 Å². The summed E-state index contributed by atoms with van der Waals surface area (Å²) in [4.78, 5) is 146. The Balaban J connectivity index is -0.000000474. The molecule has 0 aliphatic carbocycles. The number of hydrogen-bond acceptors (Lipinski definition) is 34. The molecule has 0 aromatic rings. The molecule has 0 aliphatic heterocycles. The first-order chi connectivity index (χ1) is 53.6. The monoisotopic (exact) mass is 2500 g/mol. The van der Waals surface area contributed by atoms with Gasteiger partial charge in [-0.25, -0.2) is 0 Å². The molecule has 0 aromatic heterocycles. The number of unbranched alkanes of at least 4 members (excludes halogenated alkanes) is 1. The lowest BCUT2D eigenvalue weighted by molar-refractivity contribution is -0.208. The van der Waals surface area contributed by atoms with Crippen molar-refractivity contribution in [3.63, 3.8) is 0 Å². The van der Waals surface area contributed by atoms with Crippen molar-refractivity contribution in [2.45, 2.75) is 298 Å². The van der Waals surface area contributed by atoms with E-state index in [0.717, 1.165) is 6.42 Å². The molecule has 706 valence electrons. The molecule has 0 bridgehead atoms. The molecule has 46 heteroatoms. The van der Waals surface area contributed by atoms with Gasteiger partial charge in [-0.2, -0.15) is 0 Å². The van der Waals surface area contributed by atoms with Crippen LogP contribution < -0.4 is 0 Å². The molecule has 0 fully saturated rings. The summed E-state index contributed by atoms with van der Waals surface area (Å²) in [5.41, 5.74) is -1.23. The molecule has 0 saturated carbocycles. The summed E-state index contributed by atoms with van der Waals surface area (Å²) in [5, 5.41) is 94.7. The van der Waals surface area contributed by atoms with Gasteiger partial charge in [0.2, 0.25) is 0 Å². The van der Waals surface area contributed by atoms with Crippen LogP contribution in [0.3, 0.4) is 0 Å². The van der Waals surface area contributed by atoms with Gasteiger partial charge >= 0.3 is 71.6 Å². The fourth-order valence-electron chi connectivity index (χ4n) is 6.82. The van der Waals surface area contributed by atoms with Crippen molar-refractivity contribution in [3.05, 3.63) is 0 Å². The lowest BCUT2D eigenvalue weighted by Gasteiger charge is -2.37. The number of aliphatic hydroxyl groups excluding tert-OH is 10. The third-order valence-electron chi connectivity index (χ3n) is 14.5. The lowest BCUT2D eigenvalue weighted by atomic mass is 9.92. The summed E-state index contributed by atoms with van der Waals surface area (Å²) in [5.74, 6) is -8.29. The number of ether oxygens (including phenoxy) is 12. The summed E-state index contributed by atoms with van der Waals surface area (Å²) in [6.07, 6.45) is -11.7. The second-order valence-corrected chi connectivity index (χ2v) is 56.3. The van der Waals surface area contributed by atoms with Crippen molar-refractivity contribution in [2.24, 2.45) is 5.41 Å². The zero-order valence-corrected chi connectivity index (χ0v) is 90.7. The highest BCUT2D eigenvalue weighted by molar-refractivity contribution is 9.12. The number of alkyl halides is 12. The second kappa shape index (κ2) is 55.9. The summed E-state index contributed by atoms with van der Waals surface area (Å²) < 4.78 is 50.6. The Morgan fingerprint density at radius 3 is 0.592 bits per heavy atom. The van der Waals surface area contributed by atoms with Gasteiger partial charge < -0.3 is 108 Å². The van der Waals surface area contributed by atoms with E-state index in [4.69, 9.17) is 67.1 Å². The SMILES string of the molecule is CC(C)(Br)C(=O)OC(CO)C(CO)OC(=O)C(C)(C)Br.CC(C)(Br)C(=O)OC(CO)C(OC(=O)C(C)(C)Br)C(CO)OC(=O)C(C)(C)Br.CC(C)(Br)C(=O)OC(CO)C(OC(=O)C(C)(C)Br)C(OC(=O)C(C)(C)Br)C(CO)OC(=O)C(C)(C)Br.CC(C)(Br)C(=O)OCC(CO)(CO)COC(=O)C(C)(C)Br.CC(C)(Br)C(=O)OCCCCC(O)CO. The average Bonchev–Trinajstić information content (AvgIpc) is 0.803. The van der Waals surface area contributed by atoms with Crippen molar-refractivity contribution in [2.75, 3.05) is 79.3 Å². The highest BCUT2D eigenvalue weighted by Crippen LogP contribution is 2.33. The average molecular weight is 2510 g/mol. The van der Waals surface area contributed by atoms with Crippen LogP contribution in [0.2, 0.25) is 0 Å². The van der Waals surface area contributed by atoms with Crippen molar-refractivity contribution in [3.8, 4) is 0 Å². The van der Waals surface area contributed by atoms with Crippen molar-refractivity contribution in [1.82, 2.24) is 0 Å². The van der Waals surface area contributed by atoms with Gasteiger partial charge in [-0.15, -0.1) is 0 Å². The molecule has 120 heavy (non-hydrogen) atoms. The van der Waals surface area contributed by atoms with E-state index in [1.807, 2.05) is 0 Å². The van der Waals surface area contributed by atoms with Crippen LogP contribution in [0.25, 0.3) is 0 Å². The Bertz CT molecular complexity index is 3000. The molecule has 0 heterocycles. The molecular formula is C74H122Br12O34. The molecule has 34 nitrogen and oxygen atoms in total. The first kappa shape index (κ1) is 127. The van der Waals surface area contributed by atoms with Crippen molar-refractivity contribution < 1.29 is 165 Å². The molecular weight excluding hydrogens is 2390 g/mol. The quantitative estimate of drug-likeness (QED) is 0.0117. The van der Waals surface area contributed by atoms with E-state index in [0.29, 0.717) is 19.4 Å². The van der Waals surface area contributed by atoms with E-state index in [9.17, 15) is 98.4 Å². The molecule has 0 aromatic carbocycles. The molecule has 0 rings (SSSR count). The number of carbonyl (C=O) groups is 12. The summed E-state index contributed by atoms with van der Waals surface area (Å²) in [6.45, 7) is 31.6. The van der Waals surface area contributed by atoms with Gasteiger partial charge in [0, 0.05) is 0 Å². The number of halogens is 12. The van der Waals surface area contributed by atoms with Crippen LogP contribution in [0.4, 0.5) is 0 Å². The van der Waals surface area contributed by atoms with E-state index in [-0.39, 0.29) is 25.8 Å². The van der Waals surface area contributed by atoms with Crippen LogP contribution in [0, 0.1) is 5.41 Å². The maximum Gasteiger partial charge on any atom is 0.322 e. The second-order valence-electron chi connectivity index (χ2n) is 32.5. The number of carbonyl (C=O) groups excluding carboxylic acids is 12. The Kier molecular flexibility index (Phi) is 59.4. The summed E-state index contributed by atoms with van der Waals surface area (Å²) in [6, 6.07) is 0. The number of aliphatic hydroxyl groups is 10. The van der Waals surface area contributed by atoms with Gasteiger partial charge in [-0.3, -0.25) is 57.5 Å². The zero-order valence-electron chi connectivity index (χ0n) is 71.7. The topological polar surface area (TPSA) is 518 Å². The van der Waals surface area contributed by atoms with Crippen molar-refractivity contribution in [1.29, 1.82) is 0 Å². The van der Waals surface area contributed by atoms with Gasteiger partial charge in [0.25, 0.3) is 0 Å². The van der Waals surface area contributed by atoms with Gasteiger partial charge in [0.15, 0.2) is 54.9 Å². The number of hydrogen-bond donors (Lipinski definition) is 10. The van der Waals surface area contributed by atoms with Gasteiger partial charge in [0.1, 0.15) is 65.1 Å². The van der Waals surface area contributed by atoms with Crippen molar-refractivity contribution >= 4 is 263 Å². The predicted molar refractivity (Wildman–Crippen MR) is 484 cm³/mol. The molecule has 0 aliphatic rings. The lowest BCUT2D eigenvalue weighted by Crippen LogP contribution is -2.56. The first-order valence-electron chi connectivity index (χ1n) is 36.4. The fraction of sp³-hybridized carbons (Fsp3) is 0.838. The Morgan fingerprint density at radius 2 is 0.408 bits per heavy atom. The Hall–Kier alpha value is -1.00. The van der Waals surface area contributed by atoms with Crippen LogP contribution in [0.15, 0.2) is 0 Å². The van der Waals surface area contributed by atoms with E-state index < -0.39 is 237 Å². The predicted octanol–water partition coefficient (Wildman–Crippen LogP) is 9.30. The molecule has 9 unspecified atom stereocenters. The van der Waals surface area contributed by atoms with E-state index >= 15 is 0 Å². The molecule has 0 spiro atoms. The minimum absolute atomic E-state index is 0.214. The minimum atomic E-state index is -1.69. The smallest absolute Gasteiger partial charge is 0.322 e. The molecule has 10 N–H and O–H groups in total. The number of rotatable bonds is 45. The molecule has 0 saturated heterocycles. The first-order valence-corrected chi connectivity index (χ1v) is 46.0. The van der Waals surface area contributed by atoms with Crippen LogP contribution in [-0.4, -0.2) is 315 Å². The van der Waals surface area contributed by atoms with Crippen LogP contribution >= 0.6 is 191 Å². The zero-order chi connectivity index (χ0) is 96.3. The fourth-order valence-corrected chi connectivity index (χ4v) is 8.00. The number of esters is 12. The van der Waals surface area contributed by atoms with Crippen LogP contribution in [0.1, 0.15) is 185 Å². The maximum absolute atomic E-state index is 12.8. The van der Waals surface area contributed by atoms with Crippen LogP contribution in [-0.2, 0) is 114 Å². The standard InChI is InChI=1S/C22H34Br4O10.C17H27Br3O8.C13H22Br2O6.C12H20Br2O6.C10H19BrO4/c1-19(2,23)15(29)33-11(9-27)13(35-17(31)21(5,6)25)14(36-18(32)22(7,8)26)12(10-28)34-16(30)20(3,4)24;1-15(2,18)12(23)26-9(7-21)11(28-14(25)17(5,6)20)10(8-22)27-13(24)16(3,4)19;1-11(2,14)9(18)20-7-13(5-16,6-17)8-21-10(19)12(3,4)15;1-11(2,13)9(17)19-7(5-15)8(6-16)20-10(18)12(3,4)14;1-10(2,11)9(14)15-6-4-3-5-8(13)7-12/h11-14,27-28H,9-10H2,1-8H3;9-11,21-22H,7-8H2,1-6H3;16-17H,5-8H2,1-4H3;7-8,15-16H,5-6H2,1-4H3;8,12-13H,3-7H2,1-2H3. The van der Waals surface area contributed by atoms with E-state index in [1.54, 1.807) is 69.2 Å². The van der Waals surface area contributed by atoms with E-state index in [1.165, 1.54) is 96.9 Å². The Labute approximate surface area is 803 Å². The summed E-state index contributed by atoms with van der Waals surface area (Å²) >= 11 is 37.8. The third-order valence-corrected chi connectivity index (χ3v) is 18.3. The highest BCUT2D eigenvalue weighted by Gasteiger charge is 2.50. The molecule has 0 amide bonds. The third kappa shape index (κ3) is 53.8. The summed E-state index contributed by atoms with van der Waals surface area (Å²) in [7, 11) is 0. The maximum atomic E-state index is 12.8. The van der Waals surface area contributed by atoms with Crippen LogP contribution in [0.5, 0.6) is 0 Å². The minimum Gasteiger partial charge on any atom is -0.465 e. The largest absolute Gasteiger partial charge is 0.465 e. The van der Waals surface area contributed by atoms with Gasteiger partial charge in [-0.1, -0.05) is 191 Å².